The molecule has 0 spiro atoms. The first-order valence-corrected chi connectivity index (χ1v) is 12.9. The molecule has 4 rings (SSSR count). The number of para-hydroxylation sites is 1. The number of nitrogens with one attached hydrogen (secondary N) is 2. The van der Waals surface area contributed by atoms with Crippen LogP contribution in [0.5, 0.6) is 0 Å². The molecule has 1 heterocycles. The van der Waals surface area contributed by atoms with Crippen LogP contribution in [0.25, 0.3) is 16.7 Å². The molecular weight excluding hydrogens is 478 g/mol. The third-order valence-corrected chi connectivity index (χ3v) is 7.14. The number of primary amides is 1. The number of nitrogens with two attached hydrogens (primary N) is 1. The molecule has 0 fully saturated rings. The molecule has 3 amide bonds. The average Bonchev–Trinajstić information content (AvgIpc) is 3.23. The quantitative estimate of drug-likeness (QED) is 0.338. The highest BCUT2D eigenvalue weighted by Crippen LogP contribution is 2.25. The number of aromatic nitrogens is 2. The highest BCUT2D eigenvalue weighted by Gasteiger charge is 2.18. The van der Waals surface area contributed by atoms with E-state index >= 15 is 0 Å². The molecule has 4 aromatic rings. The normalized spacial score (nSPS) is 11.4. The summed E-state index contributed by atoms with van der Waals surface area (Å²) in [6, 6.07) is 18.6. The number of sulfonamides is 1. The van der Waals surface area contributed by atoms with Crippen molar-refractivity contribution >= 4 is 33.0 Å². The number of benzene rings is 3. The Hall–Kier alpha value is -4.18. The van der Waals surface area contributed by atoms with Crippen LogP contribution < -0.4 is 15.8 Å². The van der Waals surface area contributed by atoms with E-state index in [2.05, 4.69) is 10.3 Å². The fourth-order valence-electron chi connectivity index (χ4n) is 3.94. The van der Waals surface area contributed by atoms with Gasteiger partial charge in [-0.1, -0.05) is 42.8 Å². The second-order valence-corrected chi connectivity index (χ2v) is 10.0. The monoisotopic (exact) mass is 505 g/mol. The number of hydrogen-bond acceptors (Lipinski definition) is 5. The van der Waals surface area contributed by atoms with Crippen LogP contribution in [0.4, 0.5) is 4.79 Å². The second kappa shape index (κ2) is 10.2. The molecule has 0 aliphatic rings. The molecule has 10 heteroatoms. The number of rotatable bonds is 8. The van der Waals surface area contributed by atoms with Crippen LogP contribution in [-0.4, -0.2) is 36.5 Å². The first-order valence-electron chi connectivity index (χ1n) is 11.5. The molecule has 0 bridgehead atoms. The summed E-state index contributed by atoms with van der Waals surface area (Å²) in [4.78, 5) is 28.6. The molecule has 0 aliphatic carbocycles. The number of fused-ring (bicyclic) bond motifs is 1. The van der Waals surface area contributed by atoms with Crippen molar-refractivity contribution in [3.8, 4) is 5.69 Å². The van der Waals surface area contributed by atoms with Gasteiger partial charge in [0.1, 0.15) is 11.3 Å². The number of nitrogens with zero attached hydrogens (tertiary/aromatic N) is 2. The molecule has 9 nitrogen and oxygen atoms in total. The summed E-state index contributed by atoms with van der Waals surface area (Å²) in [7, 11) is -3.93. The van der Waals surface area contributed by atoms with Gasteiger partial charge in [-0.05, 0) is 55.3 Å². The highest BCUT2D eigenvalue weighted by molar-refractivity contribution is 7.90. The maximum Gasteiger partial charge on any atom is 0.328 e. The van der Waals surface area contributed by atoms with Crippen molar-refractivity contribution in [2.75, 3.05) is 6.54 Å². The zero-order chi connectivity index (χ0) is 25.9. The van der Waals surface area contributed by atoms with Crippen molar-refractivity contribution in [1.82, 2.24) is 19.6 Å². The zero-order valence-corrected chi connectivity index (χ0v) is 20.8. The van der Waals surface area contributed by atoms with Crippen molar-refractivity contribution in [1.29, 1.82) is 0 Å². The van der Waals surface area contributed by atoms with E-state index in [1.54, 1.807) is 24.3 Å². The van der Waals surface area contributed by atoms with Crippen molar-refractivity contribution in [3.63, 3.8) is 0 Å². The van der Waals surface area contributed by atoms with Gasteiger partial charge < -0.3 is 11.1 Å². The minimum atomic E-state index is -3.93. The topological polar surface area (TPSA) is 136 Å². The molecule has 1 aromatic heterocycles. The lowest BCUT2D eigenvalue weighted by molar-refractivity contribution is 0.100. The largest absolute Gasteiger partial charge is 0.366 e. The molecular formula is C26H27N5O4S. The van der Waals surface area contributed by atoms with Crippen molar-refractivity contribution in [3.05, 3.63) is 89.2 Å². The molecule has 0 aliphatic heterocycles. The number of carbonyl (C=O) groups is 2. The van der Waals surface area contributed by atoms with Gasteiger partial charge in [0.15, 0.2) is 0 Å². The van der Waals surface area contributed by atoms with Gasteiger partial charge in [0, 0.05) is 18.7 Å². The van der Waals surface area contributed by atoms with E-state index in [-0.39, 0.29) is 11.4 Å². The molecule has 3 aromatic carbocycles. The standard InChI is InChI=1S/C26H27N5O4S/c1-3-23-29-24-21(25(27)32)5-4-6-22(24)31(23)19-11-9-18(10-12-19)15-16-28-26(33)30-36(34,35)20-13-7-17(2)8-14-20/h4-14H,3,15-16H2,1-2H3,(H2,27,32)(H2,28,30,33). The summed E-state index contributed by atoms with van der Waals surface area (Å²) in [6.07, 6.45) is 1.18. The minimum absolute atomic E-state index is 0.0280. The van der Waals surface area contributed by atoms with Crippen LogP contribution in [-0.2, 0) is 22.9 Å². The third kappa shape index (κ3) is 5.23. The Morgan fingerprint density at radius 2 is 1.69 bits per heavy atom. The average molecular weight is 506 g/mol. The second-order valence-electron chi connectivity index (χ2n) is 8.35. The van der Waals surface area contributed by atoms with Crippen LogP contribution in [0.15, 0.2) is 71.6 Å². The summed E-state index contributed by atoms with van der Waals surface area (Å²) in [5.74, 6) is 0.283. The van der Waals surface area contributed by atoms with E-state index in [0.717, 1.165) is 28.2 Å². The maximum absolute atomic E-state index is 12.3. The predicted molar refractivity (Wildman–Crippen MR) is 138 cm³/mol. The summed E-state index contributed by atoms with van der Waals surface area (Å²) in [5.41, 5.74) is 10.0. The minimum Gasteiger partial charge on any atom is -0.366 e. The Morgan fingerprint density at radius 3 is 2.33 bits per heavy atom. The van der Waals surface area contributed by atoms with Gasteiger partial charge in [-0.2, -0.15) is 0 Å². The van der Waals surface area contributed by atoms with Gasteiger partial charge in [0.05, 0.1) is 16.0 Å². The molecule has 0 unspecified atom stereocenters. The summed E-state index contributed by atoms with van der Waals surface area (Å²) < 4.78 is 28.7. The Kier molecular flexibility index (Phi) is 7.07. The van der Waals surface area contributed by atoms with E-state index < -0.39 is 22.0 Å². The van der Waals surface area contributed by atoms with Crippen molar-refractivity contribution in [2.45, 2.75) is 31.6 Å². The van der Waals surface area contributed by atoms with Gasteiger partial charge in [0.2, 0.25) is 0 Å². The van der Waals surface area contributed by atoms with E-state index in [1.807, 2.05) is 53.5 Å². The van der Waals surface area contributed by atoms with Crippen LogP contribution in [0, 0.1) is 6.92 Å². The number of aryl methyl sites for hydroxylation is 2. The molecule has 0 saturated carbocycles. The van der Waals surface area contributed by atoms with Crippen LogP contribution in [0.1, 0.15) is 34.2 Å². The number of amides is 3. The fraction of sp³-hybridized carbons (Fsp3) is 0.192. The third-order valence-electron chi connectivity index (χ3n) is 5.79. The molecule has 36 heavy (non-hydrogen) atoms. The number of carbonyl (C=O) groups excluding carboxylic acids is 2. The first kappa shape index (κ1) is 24.9. The first-order chi connectivity index (χ1) is 17.2. The molecule has 0 atom stereocenters. The highest BCUT2D eigenvalue weighted by atomic mass is 32.2. The Morgan fingerprint density at radius 1 is 1.00 bits per heavy atom. The Balaban J connectivity index is 1.42. The number of imidazole rings is 1. The molecule has 0 saturated heterocycles. The van der Waals surface area contributed by atoms with Gasteiger partial charge >= 0.3 is 6.03 Å². The molecule has 4 N–H and O–H groups in total. The smallest absolute Gasteiger partial charge is 0.328 e. The van der Waals surface area contributed by atoms with E-state index in [9.17, 15) is 18.0 Å². The molecule has 186 valence electrons. The SMILES string of the molecule is CCc1nc2c(C(N)=O)cccc2n1-c1ccc(CCNC(=O)NS(=O)(=O)c2ccc(C)cc2)cc1. The van der Waals surface area contributed by atoms with Crippen LogP contribution in [0.2, 0.25) is 0 Å². The van der Waals surface area contributed by atoms with Crippen LogP contribution >= 0.6 is 0 Å². The fourth-order valence-corrected chi connectivity index (χ4v) is 4.87. The van der Waals surface area contributed by atoms with Gasteiger partial charge in [-0.15, -0.1) is 0 Å². The predicted octanol–water partition coefficient (Wildman–Crippen LogP) is 3.23. The van der Waals surface area contributed by atoms with Gasteiger partial charge in [-0.3, -0.25) is 9.36 Å². The lowest BCUT2D eigenvalue weighted by Crippen LogP contribution is -2.40. The van der Waals surface area contributed by atoms with Crippen molar-refractivity contribution < 1.29 is 18.0 Å². The lowest BCUT2D eigenvalue weighted by Gasteiger charge is -2.11. The van der Waals surface area contributed by atoms with E-state index in [4.69, 9.17) is 5.73 Å². The van der Waals surface area contributed by atoms with E-state index in [1.165, 1.54) is 12.1 Å². The summed E-state index contributed by atoms with van der Waals surface area (Å²) in [5, 5.41) is 2.58. The lowest BCUT2D eigenvalue weighted by atomic mass is 10.1. The van der Waals surface area contributed by atoms with E-state index in [0.29, 0.717) is 23.9 Å². The Bertz CT molecular complexity index is 1530. The van der Waals surface area contributed by atoms with Gasteiger partial charge in [-0.25, -0.2) is 22.9 Å². The molecule has 0 radical (unpaired) electrons. The number of urea groups is 1. The summed E-state index contributed by atoms with van der Waals surface area (Å²) >= 11 is 0. The summed E-state index contributed by atoms with van der Waals surface area (Å²) in [6.45, 7) is 4.10. The van der Waals surface area contributed by atoms with Crippen LogP contribution in [0.3, 0.4) is 0 Å². The zero-order valence-electron chi connectivity index (χ0n) is 20.0. The Labute approximate surface area is 209 Å². The maximum atomic E-state index is 12.3. The van der Waals surface area contributed by atoms with Crippen molar-refractivity contribution in [2.24, 2.45) is 5.73 Å². The van der Waals surface area contributed by atoms with Gasteiger partial charge in [0.25, 0.3) is 15.9 Å². The number of hydrogen-bond donors (Lipinski definition) is 3.